The van der Waals surface area contributed by atoms with E-state index in [1.54, 1.807) is 7.11 Å². The summed E-state index contributed by atoms with van der Waals surface area (Å²) in [5.74, 6) is 0. The Balaban J connectivity index is 1.51. The molecule has 0 spiro atoms. The highest BCUT2D eigenvalue weighted by molar-refractivity contribution is 7.44. The van der Waals surface area contributed by atoms with Gasteiger partial charge in [-0.05, 0) is 17.5 Å². The Morgan fingerprint density at radius 3 is 2.41 bits per heavy atom. The summed E-state index contributed by atoms with van der Waals surface area (Å²) in [7, 11) is 0.342. The molecule has 2 saturated heterocycles. The Labute approximate surface area is 203 Å². The second kappa shape index (κ2) is 13.1. The van der Waals surface area contributed by atoms with Crippen LogP contribution >= 0.6 is 8.53 Å². The zero-order valence-corrected chi connectivity index (χ0v) is 20.9. The number of hydrogen-bond donors (Lipinski definition) is 1. The van der Waals surface area contributed by atoms with E-state index in [4.69, 9.17) is 23.3 Å². The van der Waals surface area contributed by atoms with E-state index in [2.05, 4.69) is 35.9 Å². The number of ether oxygens (including phenoxy) is 3. The first-order valence-electron chi connectivity index (χ1n) is 12.1. The Morgan fingerprint density at radius 1 is 1.00 bits per heavy atom. The van der Waals surface area contributed by atoms with Crippen LogP contribution in [0.4, 0.5) is 0 Å². The molecule has 4 rings (SSSR count). The van der Waals surface area contributed by atoms with Gasteiger partial charge in [0.05, 0.1) is 25.9 Å². The van der Waals surface area contributed by atoms with Crippen LogP contribution in [0.15, 0.2) is 60.7 Å². The van der Waals surface area contributed by atoms with Crippen molar-refractivity contribution in [2.45, 2.75) is 50.3 Å². The summed E-state index contributed by atoms with van der Waals surface area (Å²) in [6, 6.07) is 20.5. The molecule has 0 bridgehead atoms. The van der Waals surface area contributed by atoms with Gasteiger partial charge in [-0.2, -0.15) is 0 Å². The van der Waals surface area contributed by atoms with Crippen molar-refractivity contribution >= 4 is 8.53 Å². The molecular weight excluding hydrogens is 453 g/mol. The monoisotopic (exact) mass is 489 g/mol. The molecule has 0 amide bonds. The molecule has 5 unspecified atom stereocenters. The van der Waals surface area contributed by atoms with Crippen molar-refractivity contribution in [3.8, 4) is 0 Å². The highest BCUT2D eigenvalue weighted by Crippen LogP contribution is 2.56. The summed E-state index contributed by atoms with van der Waals surface area (Å²) in [6.45, 7) is 4.59. The van der Waals surface area contributed by atoms with Crippen molar-refractivity contribution in [1.29, 1.82) is 0 Å². The van der Waals surface area contributed by atoms with Crippen molar-refractivity contribution in [3.05, 3.63) is 71.8 Å². The lowest BCUT2D eigenvalue weighted by Gasteiger charge is -2.29. The predicted molar refractivity (Wildman–Crippen MR) is 131 cm³/mol. The molecule has 7 nitrogen and oxygen atoms in total. The van der Waals surface area contributed by atoms with Gasteiger partial charge in [0.15, 0.2) is 0 Å². The van der Waals surface area contributed by atoms with Crippen molar-refractivity contribution in [3.63, 3.8) is 0 Å². The van der Waals surface area contributed by atoms with Crippen LogP contribution in [0.1, 0.15) is 30.6 Å². The number of methoxy groups -OCH3 is 1. The molecule has 0 aliphatic carbocycles. The molecule has 0 saturated carbocycles. The summed E-state index contributed by atoms with van der Waals surface area (Å²) in [6.07, 6.45) is 0.159. The van der Waals surface area contributed by atoms with Gasteiger partial charge in [-0.3, -0.25) is 0 Å². The van der Waals surface area contributed by atoms with Gasteiger partial charge in [0.25, 0.3) is 8.53 Å². The fourth-order valence-electron chi connectivity index (χ4n) is 4.49. The Morgan fingerprint density at radius 2 is 1.74 bits per heavy atom. The van der Waals surface area contributed by atoms with Crippen LogP contribution in [0.3, 0.4) is 0 Å². The fraction of sp³-hybridized carbons (Fsp3) is 0.538. The predicted octanol–water partition coefficient (Wildman–Crippen LogP) is 4.12. The molecule has 2 fully saturated rings. The summed E-state index contributed by atoms with van der Waals surface area (Å²) < 4.78 is 33.1. The molecule has 186 valence electrons. The highest BCUT2D eigenvalue weighted by Gasteiger charge is 2.49. The lowest BCUT2D eigenvalue weighted by Crippen LogP contribution is -2.39. The van der Waals surface area contributed by atoms with Crippen LogP contribution in [-0.4, -0.2) is 74.2 Å². The average molecular weight is 490 g/mol. The van der Waals surface area contributed by atoms with Crippen LogP contribution in [0.2, 0.25) is 0 Å². The van der Waals surface area contributed by atoms with Crippen molar-refractivity contribution in [2.24, 2.45) is 0 Å². The summed E-state index contributed by atoms with van der Waals surface area (Å²) in [4.78, 5) is 0. The third-order valence-corrected chi connectivity index (χ3v) is 7.84. The molecule has 2 aliphatic heterocycles. The van der Waals surface area contributed by atoms with Crippen LogP contribution < -0.4 is 0 Å². The van der Waals surface area contributed by atoms with Gasteiger partial charge in [0, 0.05) is 26.6 Å². The number of hydrogen-bond acceptors (Lipinski definition) is 7. The van der Waals surface area contributed by atoms with E-state index in [-0.39, 0.29) is 24.9 Å². The van der Waals surface area contributed by atoms with Gasteiger partial charge in [-0.25, -0.2) is 4.67 Å². The van der Waals surface area contributed by atoms with E-state index < -0.39 is 20.7 Å². The van der Waals surface area contributed by atoms with Gasteiger partial charge in [0.1, 0.15) is 24.4 Å². The molecule has 0 aromatic heterocycles. The molecule has 8 heteroatoms. The lowest BCUT2D eigenvalue weighted by atomic mass is 10.0. The molecule has 2 aromatic carbocycles. The van der Waals surface area contributed by atoms with Crippen LogP contribution in [0, 0.1) is 0 Å². The second-order valence-corrected chi connectivity index (χ2v) is 10.1. The first kappa shape index (κ1) is 25.7. The molecule has 6 atom stereocenters. The normalized spacial score (nSPS) is 29.6. The SMILES string of the molecule is CCCN1C[C@H](c2ccccc2)OP1OC1C(CO)OC(Cc2ccccc2)C1OCCOC. The van der Waals surface area contributed by atoms with E-state index in [9.17, 15) is 5.11 Å². The van der Waals surface area contributed by atoms with E-state index >= 15 is 0 Å². The summed E-state index contributed by atoms with van der Waals surface area (Å²) in [5, 5.41) is 10.2. The second-order valence-electron chi connectivity index (χ2n) is 8.64. The van der Waals surface area contributed by atoms with Crippen molar-refractivity contribution < 1.29 is 28.4 Å². The molecule has 0 radical (unpaired) electrons. The molecule has 2 heterocycles. The number of aliphatic hydroxyl groups is 1. The van der Waals surface area contributed by atoms with Gasteiger partial charge < -0.3 is 28.4 Å². The van der Waals surface area contributed by atoms with Gasteiger partial charge in [-0.1, -0.05) is 67.6 Å². The summed E-state index contributed by atoms with van der Waals surface area (Å²) in [5.41, 5.74) is 2.30. The van der Waals surface area contributed by atoms with Crippen LogP contribution in [0.5, 0.6) is 0 Å². The molecule has 1 N–H and O–H groups in total. The smallest absolute Gasteiger partial charge is 0.259 e. The first-order chi connectivity index (χ1) is 16.7. The van der Waals surface area contributed by atoms with Crippen LogP contribution in [0.25, 0.3) is 0 Å². The minimum absolute atomic E-state index is 0.0401. The lowest BCUT2D eigenvalue weighted by molar-refractivity contribution is -0.0481. The number of nitrogens with zero attached hydrogens (tertiary/aromatic N) is 1. The molecule has 2 aromatic rings. The minimum Gasteiger partial charge on any atom is -0.394 e. The number of aliphatic hydroxyl groups excluding tert-OH is 1. The Hall–Kier alpha value is -1.41. The van der Waals surface area contributed by atoms with Crippen molar-refractivity contribution in [1.82, 2.24) is 4.67 Å². The average Bonchev–Trinajstić information content (AvgIpc) is 3.42. The maximum Gasteiger partial charge on any atom is 0.259 e. The fourth-order valence-corrected chi connectivity index (χ4v) is 6.32. The van der Waals surface area contributed by atoms with E-state index in [1.807, 2.05) is 36.4 Å². The standard InChI is InChI=1S/C26H36NO6P/c1-3-14-27-18-23(21-12-8-5-9-13-21)32-34(27)33-26-24(19-28)31-22(25(26)30-16-15-29-2)17-20-10-6-4-7-11-20/h4-13,22-26,28H,3,14-19H2,1-2H3/t22?,23-,24?,25?,26?,34?/m1/s1. The third kappa shape index (κ3) is 6.42. The maximum atomic E-state index is 10.2. The maximum absolute atomic E-state index is 10.2. The van der Waals surface area contributed by atoms with Gasteiger partial charge >= 0.3 is 0 Å². The Bertz CT molecular complexity index is 844. The molecular formula is C26H36NO6P. The van der Waals surface area contributed by atoms with E-state index in [1.165, 1.54) is 0 Å². The topological polar surface area (TPSA) is 69.6 Å². The largest absolute Gasteiger partial charge is 0.394 e. The van der Waals surface area contributed by atoms with Crippen LogP contribution in [-0.2, 0) is 29.7 Å². The third-order valence-electron chi connectivity index (χ3n) is 6.15. The van der Waals surface area contributed by atoms with Gasteiger partial charge in [-0.15, -0.1) is 0 Å². The Kier molecular flexibility index (Phi) is 9.86. The molecule has 2 aliphatic rings. The quantitative estimate of drug-likeness (QED) is 0.355. The zero-order chi connectivity index (χ0) is 23.8. The zero-order valence-electron chi connectivity index (χ0n) is 20.0. The van der Waals surface area contributed by atoms with E-state index in [0.717, 1.165) is 30.6 Å². The van der Waals surface area contributed by atoms with Gasteiger partial charge in [0.2, 0.25) is 0 Å². The number of rotatable bonds is 12. The number of benzene rings is 2. The van der Waals surface area contributed by atoms with Crippen molar-refractivity contribution in [2.75, 3.05) is 40.0 Å². The van der Waals surface area contributed by atoms with E-state index in [0.29, 0.717) is 19.6 Å². The first-order valence-corrected chi connectivity index (χ1v) is 13.2. The summed E-state index contributed by atoms with van der Waals surface area (Å²) >= 11 is 0. The molecule has 34 heavy (non-hydrogen) atoms. The highest BCUT2D eigenvalue weighted by atomic mass is 31.2. The minimum atomic E-state index is -1.31.